The Morgan fingerprint density at radius 3 is 2.65 bits per heavy atom. The fourth-order valence-electron chi connectivity index (χ4n) is 2.58. The number of thiophene rings is 1. The van der Waals surface area contributed by atoms with Gasteiger partial charge in [-0.3, -0.25) is 14.6 Å². The third kappa shape index (κ3) is 4.33. The summed E-state index contributed by atoms with van der Waals surface area (Å²) in [4.78, 5) is 15.0. The van der Waals surface area contributed by atoms with E-state index in [1.807, 2.05) is 18.0 Å². The average Bonchev–Trinajstić information content (AvgIpc) is 2.68. The standard InChI is InChI=1S/C13H18Cl2N2O2S/c1-16(8-12(18)19)10-2-4-17(5-3-10)7-9-6-11(14)20-13(9)15/h6,10H,2-5,7-8H2,1H3,(H,18,19). The summed E-state index contributed by atoms with van der Waals surface area (Å²) in [6.45, 7) is 2.84. The van der Waals surface area contributed by atoms with Crippen LogP contribution in [0.25, 0.3) is 0 Å². The van der Waals surface area contributed by atoms with Gasteiger partial charge in [0.15, 0.2) is 0 Å². The summed E-state index contributed by atoms with van der Waals surface area (Å²) >= 11 is 13.5. The minimum absolute atomic E-state index is 0.108. The first-order chi connectivity index (χ1) is 9.45. The number of likely N-dealkylation sites (N-methyl/N-ethyl adjacent to an activating group) is 1. The summed E-state index contributed by atoms with van der Waals surface area (Å²) in [5.74, 6) is -0.769. The molecule has 0 aliphatic carbocycles. The lowest BCUT2D eigenvalue weighted by molar-refractivity contribution is -0.138. The molecule has 0 unspecified atom stereocenters. The largest absolute Gasteiger partial charge is 0.480 e. The number of rotatable bonds is 5. The highest BCUT2D eigenvalue weighted by molar-refractivity contribution is 7.20. The highest BCUT2D eigenvalue weighted by Gasteiger charge is 2.24. The SMILES string of the molecule is CN(CC(=O)O)C1CCN(Cc2cc(Cl)sc2Cl)CC1. The second-order valence-electron chi connectivity index (χ2n) is 5.17. The molecule has 0 atom stereocenters. The van der Waals surface area contributed by atoms with E-state index in [1.54, 1.807) is 0 Å². The number of piperidine rings is 1. The number of aliphatic carboxylic acids is 1. The van der Waals surface area contributed by atoms with E-state index in [2.05, 4.69) is 4.90 Å². The fourth-order valence-corrected chi connectivity index (χ4v) is 4.06. The van der Waals surface area contributed by atoms with Crippen LogP contribution in [0, 0.1) is 0 Å². The van der Waals surface area contributed by atoms with E-state index in [1.165, 1.54) is 11.3 Å². The summed E-state index contributed by atoms with van der Waals surface area (Å²) in [7, 11) is 1.88. The average molecular weight is 337 g/mol. The molecule has 0 saturated carbocycles. The van der Waals surface area contributed by atoms with Gasteiger partial charge in [0.25, 0.3) is 0 Å². The van der Waals surface area contributed by atoms with Crippen molar-refractivity contribution in [1.29, 1.82) is 0 Å². The Bertz CT molecular complexity index is 473. The first-order valence-corrected chi connectivity index (χ1v) is 8.11. The van der Waals surface area contributed by atoms with Gasteiger partial charge >= 0.3 is 5.97 Å². The van der Waals surface area contributed by atoms with Crippen LogP contribution in [-0.2, 0) is 11.3 Å². The predicted molar refractivity (Wildman–Crippen MR) is 82.9 cm³/mol. The van der Waals surface area contributed by atoms with Gasteiger partial charge in [0, 0.05) is 12.6 Å². The highest BCUT2D eigenvalue weighted by Crippen LogP contribution is 2.32. The zero-order valence-electron chi connectivity index (χ0n) is 11.3. The van der Waals surface area contributed by atoms with Gasteiger partial charge < -0.3 is 5.11 Å². The van der Waals surface area contributed by atoms with Gasteiger partial charge in [-0.2, -0.15) is 0 Å². The molecule has 0 amide bonds. The molecule has 1 aliphatic rings. The molecule has 1 aromatic heterocycles. The Morgan fingerprint density at radius 2 is 2.15 bits per heavy atom. The van der Waals surface area contributed by atoms with E-state index in [-0.39, 0.29) is 6.54 Å². The molecule has 1 N–H and O–H groups in total. The van der Waals surface area contributed by atoms with Crippen LogP contribution in [0.3, 0.4) is 0 Å². The number of hydrogen-bond donors (Lipinski definition) is 1. The lowest BCUT2D eigenvalue weighted by Crippen LogP contribution is -2.44. The number of carboxylic acid groups (broad SMARTS) is 1. The lowest BCUT2D eigenvalue weighted by Gasteiger charge is -2.36. The highest BCUT2D eigenvalue weighted by atomic mass is 35.5. The van der Waals surface area contributed by atoms with Crippen LogP contribution in [0.15, 0.2) is 6.07 Å². The van der Waals surface area contributed by atoms with Gasteiger partial charge in [-0.1, -0.05) is 23.2 Å². The monoisotopic (exact) mass is 336 g/mol. The summed E-state index contributed by atoms with van der Waals surface area (Å²) < 4.78 is 1.49. The van der Waals surface area contributed by atoms with E-state index < -0.39 is 5.97 Å². The Balaban J connectivity index is 1.82. The van der Waals surface area contributed by atoms with Crippen LogP contribution in [0.4, 0.5) is 0 Å². The molecule has 2 rings (SSSR count). The zero-order valence-corrected chi connectivity index (χ0v) is 13.6. The Hall–Kier alpha value is -0.330. The van der Waals surface area contributed by atoms with Crippen molar-refractivity contribution in [2.75, 3.05) is 26.7 Å². The molecular weight excluding hydrogens is 319 g/mol. The van der Waals surface area contributed by atoms with Crippen LogP contribution in [0.5, 0.6) is 0 Å². The number of carboxylic acids is 1. The molecule has 1 aromatic rings. The number of likely N-dealkylation sites (tertiary alicyclic amines) is 1. The minimum atomic E-state index is -0.769. The van der Waals surface area contributed by atoms with Crippen LogP contribution in [0.1, 0.15) is 18.4 Å². The zero-order chi connectivity index (χ0) is 14.7. The van der Waals surface area contributed by atoms with E-state index in [0.29, 0.717) is 6.04 Å². The molecule has 4 nitrogen and oxygen atoms in total. The Morgan fingerprint density at radius 1 is 1.50 bits per heavy atom. The van der Waals surface area contributed by atoms with Crippen molar-refractivity contribution < 1.29 is 9.90 Å². The predicted octanol–water partition coefficient (Wildman–Crippen LogP) is 3.04. The molecule has 1 fully saturated rings. The van der Waals surface area contributed by atoms with Crippen molar-refractivity contribution in [2.45, 2.75) is 25.4 Å². The topological polar surface area (TPSA) is 43.8 Å². The van der Waals surface area contributed by atoms with Crippen LogP contribution in [-0.4, -0.2) is 53.6 Å². The molecule has 2 heterocycles. The smallest absolute Gasteiger partial charge is 0.317 e. The van der Waals surface area contributed by atoms with E-state index in [4.69, 9.17) is 28.3 Å². The molecular formula is C13H18Cl2N2O2S. The lowest BCUT2D eigenvalue weighted by atomic mass is 10.0. The normalized spacial score (nSPS) is 17.8. The molecule has 0 bridgehead atoms. The number of nitrogens with zero attached hydrogens (tertiary/aromatic N) is 2. The van der Waals surface area contributed by atoms with Gasteiger partial charge in [-0.05, 0) is 44.6 Å². The van der Waals surface area contributed by atoms with Gasteiger partial charge in [-0.25, -0.2) is 0 Å². The van der Waals surface area contributed by atoms with E-state index in [0.717, 1.165) is 46.7 Å². The van der Waals surface area contributed by atoms with E-state index >= 15 is 0 Å². The quantitative estimate of drug-likeness (QED) is 0.897. The van der Waals surface area contributed by atoms with Crippen molar-refractivity contribution >= 4 is 40.5 Å². The van der Waals surface area contributed by atoms with Crippen molar-refractivity contribution in [3.05, 3.63) is 20.3 Å². The van der Waals surface area contributed by atoms with Crippen molar-refractivity contribution in [3.63, 3.8) is 0 Å². The number of carbonyl (C=O) groups is 1. The minimum Gasteiger partial charge on any atom is -0.480 e. The van der Waals surface area contributed by atoms with Crippen molar-refractivity contribution in [2.24, 2.45) is 0 Å². The maximum absolute atomic E-state index is 10.7. The Kier molecular flexibility index (Phi) is 5.69. The first-order valence-electron chi connectivity index (χ1n) is 6.54. The molecule has 20 heavy (non-hydrogen) atoms. The fraction of sp³-hybridized carbons (Fsp3) is 0.615. The molecule has 112 valence electrons. The van der Waals surface area contributed by atoms with Gasteiger partial charge in [-0.15, -0.1) is 11.3 Å². The molecule has 7 heteroatoms. The summed E-state index contributed by atoms with van der Waals surface area (Å²) in [5.41, 5.74) is 1.08. The summed E-state index contributed by atoms with van der Waals surface area (Å²) in [6, 6.07) is 2.28. The summed E-state index contributed by atoms with van der Waals surface area (Å²) in [6.07, 6.45) is 1.97. The van der Waals surface area contributed by atoms with Crippen LogP contribution in [0.2, 0.25) is 8.67 Å². The van der Waals surface area contributed by atoms with Crippen molar-refractivity contribution in [1.82, 2.24) is 9.80 Å². The maximum atomic E-state index is 10.7. The third-order valence-corrected chi connectivity index (χ3v) is 5.26. The molecule has 1 aliphatic heterocycles. The second kappa shape index (κ2) is 7.09. The first kappa shape index (κ1) is 16.0. The third-order valence-electron chi connectivity index (χ3n) is 3.69. The Labute approximate surface area is 132 Å². The van der Waals surface area contributed by atoms with Crippen LogP contribution >= 0.6 is 34.5 Å². The van der Waals surface area contributed by atoms with Crippen LogP contribution < -0.4 is 0 Å². The molecule has 0 aromatic carbocycles. The maximum Gasteiger partial charge on any atom is 0.317 e. The van der Waals surface area contributed by atoms with Gasteiger partial charge in [0.1, 0.15) is 0 Å². The van der Waals surface area contributed by atoms with Gasteiger partial charge in [0.05, 0.1) is 15.2 Å². The molecule has 0 radical (unpaired) electrons. The van der Waals surface area contributed by atoms with Gasteiger partial charge in [0.2, 0.25) is 0 Å². The number of halogens is 2. The second-order valence-corrected chi connectivity index (χ2v) is 7.45. The van der Waals surface area contributed by atoms with E-state index in [9.17, 15) is 4.79 Å². The number of hydrogen-bond acceptors (Lipinski definition) is 4. The van der Waals surface area contributed by atoms with Crippen molar-refractivity contribution in [3.8, 4) is 0 Å². The summed E-state index contributed by atoms with van der Waals surface area (Å²) in [5, 5.41) is 8.82. The molecule has 0 spiro atoms. The molecule has 1 saturated heterocycles.